The second-order valence-electron chi connectivity index (χ2n) is 7.19. The van der Waals surface area contributed by atoms with Gasteiger partial charge in [-0.3, -0.25) is 24.6 Å². The van der Waals surface area contributed by atoms with Crippen LogP contribution in [0.4, 0.5) is 14.5 Å². The summed E-state index contributed by atoms with van der Waals surface area (Å²) in [4.78, 5) is 37.7. The molecule has 0 radical (unpaired) electrons. The average molecular weight is 414 g/mol. The molecule has 0 unspecified atom stereocenters. The van der Waals surface area contributed by atoms with Crippen molar-refractivity contribution in [2.24, 2.45) is 0 Å². The summed E-state index contributed by atoms with van der Waals surface area (Å²) in [6.07, 6.45) is -0.159. The summed E-state index contributed by atoms with van der Waals surface area (Å²) in [5, 5.41) is 2.06. The summed E-state index contributed by atoms with van der Waals surface area (Å²) < 4.78 is 98.5. The van der Waals surface area contributed by atoms with Crippen molar-refractivity contribution in [3.8, 4) is 0 Å². The number of halogens is 2. The lowest BCUT2D eigenvalue weighted by Gasteiger charge is -2.38. The van der Waals surface area contributed by atoms with Crippen molar-refractivity contribution in [2.45, 2.75) is 45.3 Å². The Morgan fingerprint density at radius 1 is 1.17 bits per heavy atom. The summed E-state index contributed by atoms with van der Waals surface area (Å²) in [5.41, 5.74) is -2.38. The van der Waals surface area contributed by atoms with E-state index in [-0.39, 0.29) is 17.7 Å². The fourth-order valence-corrected chi connectivity index (χ4v) is 3.46. The molecule has 1 aromatic carbocycles. The van der Waals surface area contributed by atoms with Gasteiger partial charge in [0.1, 0.15) is 17.5 Å². The Morgan fingerprint density at radius 3 is 2.48 bits per heavy atom. The van der Waals surface area contributed by atoms with Crippen LogP contribution in [0.1, 0.15) is 53.6 Å². The van der Waals surface area contributed by atoms with Crippen molar-refractivity contribution >= 4 is 23.4 Å². The molecule has 2 fully saturated rings. The van der Waals surface area contributed by atoms with Gasteiger partial charge in [-0.15, -0.1) is 0 Å². The summed E-state index contributed by atoms with van der Waals surface area (Å²) in [6.45, 7) is -11.5. The maximum absolute atomic E-state index is 15.9. The van der Waals surface area contributed by atoms with Gasteiger partial charge >= 0.3 is 0 Å². The van der Waals surface area contributed by atoms with Crippen LogP contribution < -0.4 is 10.2 Å². The van der Waals surface area contributed by atoms with E-state index in [9.17, 15) is 14.4 Å². The second-order valence-corrected chi connectivity index (χ2v) is 7.19. The highest BCUT2D eigenvalue weighted by Gasteiger charge is 2.41. The maximum Gasteiger partial charge on any atom is 0.255 e. The topological polar surface area (TPSA) is 73.0 Å². The Kier molecular flexibility index (Phi) is 3.10. The lowest BCUT2D eigenvalue weighted by Crippen LogP contribution is -2.52. The molecule has 0 aliphatic carbocycles. The summed E-state index contributed by atoms with van der Waals surface area (Å²) in [6, 6.07) is -1.68. The summed E-state index contributed by atoms with van der Waals surface area (Å²) in [7, 11) is 0. The molecule has 1 atom stereocenters. The molecule has 0 bridgehead atoms. The highest BCUT2D eigenvalue weighted by Crippen LogP contribution is 2.36. The van der Waals surface area contributed by atoms with Gasteiger partial charge < -0.3 is 9.80 Å². The van der Waals surface area contributed by atoms with E-state index >= 15 is 8.78 Å². The van der Waals surface area contributed by atoms with Gasteiger partial charge in [-0.2, -0.15) is 0 Å². The van der Waals surface area contributed by atoms with Crippen LogP contribution in [0.5, 0.6) is 0 Å². The van der Waals surface area contributed by atoms with Crippen LogP contribution in [0.3, 0.4) is 0 Å². The number of rotatable bonds is 3. The number of hydrogen-bond donors (Lipinski definition) is 1. The van der Waals surface area contributed by atoms with Gasteiger partial charge in [0.05, 0.1) is 17.6 Å². The highest BCUT2D eigenvalue weighted by atomic mass is 19.1. The monoisotopic (exact) mass is 414 g/mol. The number of carbonyl (C=O) groups is 3. The van der Waals surface area contributed by atoms with Crippen LogP contribution in [-0.4, -0.2) is 65.6 Å². The summed E-state index contributed by atoms with van der Waals surface area (Å²) in [5.74, 6) is -5.51. The standard InChI is InChI=1S/C20H24F2N4O3/c1-11(2)24-5-7-25(8-6-24)18-14(21)9-12-13(17(18)22)10-26(20(12)29)15-3-4-16(27)23-19(15)28/h9,11,15H,3-8,10H2,1-2H3,(H,23,27,28)/t15-/m1/s1/i5D2,6D2,7D2,8D2. The quantitative estimate of drug-likeness (QED) is 0.754. The number of hydrogen-bond acceptors (Lipinski definition) is 5. The van der Waals surface area contributed by atoms with E-state index in [1.807, 2.05) is 0 Å². The first-order chi connectivity index (χ1) is 16.8. The number of piperidine rings is 1. The van der Waals surface area contributed by atoms with Crippen LogP contribution in [0.2, 0.25) is 0 Å². The van der Waals surface area contributed by atoms with Gasteiger partial charge in [0.25, 0.3) is 5.91 Å². The number of fused-ring (bicyclic) bond motifs is 1. The smallest absolute Gasteiger partial charge is 0.255 e. The number of piperazine rings is 1. The van der Waals surface area contributed by atoms with Gasteiger partial charge in [-0.1, -0.05) is 0 Å². The molecule has 4 rings (SSSR count). The number of amides is 3. The van der Waals surface area contributed by atoms with Gasteiger partial charge in [-0.25, -0.2) is 8.78 Å². The summed E-state index contributed by atoms with van der Waals surface area (Å²) >= 11 is 0. The predicted octanol–water partition coefficient (Wildman–Crippen LogP) is 1.26. The van der Waals surface area contributed by atoms with E-state index in [1.165, 1.54) is 13.8 Å². The molecule has 2 saturated heterocycles. The fourth-order valence-electron chi connectivity index (χ4n) is 3.46. The van der Waals surface area contributed by atoms with Gasteiger partial charge in [0, 0.05) is 49.5 Å². The molecule has 0 spiro atoms. The average Bonchev–Trinajstić information content (AvgIpc) is 3.05. The molecule has 3 heterocycles. The molecule has 7 nitrogen and oxygen atoms in total. The molecular formula is C20H24F2N4O3. The zero-order chi connectivity index (χ0) is 28.0. The maximum atomic E-state index is 15.9. The SMILES string of the molecule is [2H]C1([2H])N(c2c(F)cc3c(c2F)CN([C@@H]2CCC(=O)NC2=O)C3=O)C([2H])([2H])C([2H])([2H])N(C(C)C)C1([2H])[2H]. The minimum Gasteiger partial charge on any atom is -0.364 e. The van der Waals surface area contributed by atoms with Crippen LogP contribution in [0, 0.1) is 11.6 Å². The van der Waals surface area contributed by atoms with E-state index in [0.717, 1.165) is 4.90 Å². The van der Waals surface area contributed by atoms with Gasteiger partial charge in [-0.05, 0) is 26.3 Å². The molecule has 0 saturated carbocycles. The van der Waals surface area contributed by atoms with E-state index in [2.05, 4.69) is 5.32 Å². The largest absolute Gasteiger partial charge is 0.364 e. The molecule has 29 heavy (non-hydrogen) atoms. The van der Waals surface area contributed by atoms with Gasteiger partial charge in [0.2, 0.25) is 11.8 Å². The number of nitrogens with one attached hydrogen (secondary N) is 1. The van der Waals surface area contributed by atoms with Crippen molar-refractivity contribution in [1.82, 2.24) is 15.1 Å². The normalized spacial score (nSPS) is 34.1. The molecular weight excluding hydrogens is 382 g/mol. The Labute approximate surface area is 178 Å². The van der Waals surface area contributed by atoms with E-state index in [1.54, 1.807) is 0 Å². The first kappa shape index (κ1) is 12.2. The highest BCUT2D eigenvalue weighted by molar-refractivity contribution is 6.05. The third-order valence-corrected chi connectivity index (χ3v) is 5.01. The third kappa shape index (κ3) is 3.37. The van der Waals surface area contributed by atoms with E-state index in [4.69, 9.17) is 11.0 Å². The Morgan fingerprint density at radius 2 is 1.86 bits per heavy atom. The number of carbonyl (C=O) groups excluding carboxylic acids is 3. The fraction of sp³-hybridized carbons (Fsp3) is 0.550. The molecule has 9 heteroatoms. The molecule has 0 aromatic heterocycles. The van der Waals surface area contributed by atoms with E-state index in [0.29, 0.717) is 11.0 Å². The van der Waals surface area contributed by atoms with Crippen LogP contribution >= 0.6 is 0 Å². The van der Waals surface area contributed by atoms with Crippen molar-refractivity contribution in [3.63, 3.8) is 0 Å². The Bertz CT molecular complexity index is 1180. The number of nitrogens with zero attached hydrogens (tertiary/aromatic N) is 3. The zero-order valence-corrected chi connectivity index (χ0v) is 15.7. The molecule has 3 aliphatic rings. The first-order valence-electron chi connectivity index (χ1n) is 13.1. The Hall–Kier alpha value is -2.55. The minimum atomic E-state index is -3.51. The lowest BCUT2D eigenvalue weighted by atomic mass is 10.0. The van der Waals surface area contributed by atoms with Crippen molar-refractivity contribution in [3.05, 3.63) is 28.8 Å². The number of imide groups is 1. The molecule has 3 amide bonds. The van der Waals surface area contributed by atoms with Crippen LogP contribution in [-0.2, 0) is 16.1 Å². The molecule has 156 valence electrons. The zero-order valence-electron chi connectivity index (χ0n) is 23.7. The third-order valence-electron chi connectivity index (χ3n) is 5.01. The van der Waals surface area contributed by atoms with Crippen molar-refractivity contribution in [2.75, 3.05) is 30.9 Å². The minimum absolute atomic E-state index is 0.0654. The molecule has 3 aliphatic heterocycles. The predicted molar refractivity (Wildman–Crippen MR) is 101 cm³/mol. The molecule has 1 aromatic rings. The first-order valence-corrected chi connectivity index (χ1v) is 9.05. The lowest BCUT2D eigenvalue weighted by molar-refractivity contribution is -0.136. The Balaban J connectivity index is 1.86. The number of anilines is 1. The van der Waals surface area contributed by atoms with Crippen LogP contribution in [0.15, 0.2) is 6.07 Å². The van der Waals surface area contributed by atoms with Crippen molar-refractivity contribution in [1.29, 1.82) is 0 Å². The second kappa shape index (κ2) is 7.37. The number of benzene rings is 1. The van der Waals surface area contributed by atoms with Crippen LogP contribution in [0.25, 0.3) is 0 Å². The van der Waals surface area contributed by atoms with Gasteiger partial charge in [0.15, 0.2) is 5.82 Å². The van der Waals surface area contributed by atoms with E-state index < -0.39 is 90.8 Å². The van der Waals surface area contributed by atoms with Crippen molar-refractivity contribution < 1.29 is 34.1 Å². The molecule has 1 N–H and O–H groups in total.